The quantitative estimate of drug-likeness (QED) is 0.434. The number of aromatic nitrogens is 3. The molecule has 0 aliphatic heterocycles. The summed E-state index contributed by atoms with van der Waals surface area (Å²) in [5.41, 5.74) is 13.7. The maximum atomic E-state index is 13.7. The summed E-state index contributed by atoms with van der Waals surface area (Å²) in [5.74, 6) is 0.0422. The minimum absolute atomic E-state index is 0.0422. The highest BCUT2D eigenvalue weighted by atomic mass is 19.4. The summed E-state index contributed by atoms with van der Waals surface area (Å²) in [6, 6.07) is 10.3. The molecular weight excluding hydrogens is 367 g/mol. The summed E-state index contributed by atoms with van der Waals surface area (Å²) in [6.07, 6.45) is -2.32. The third-order valence-electron chi connectivity index (χ3n) is 4.63. The van der Waals surface area contributed by atoms with Crippen molar-refractivity contribution < 1.29 is 13.2 Å². The van der Waals surface area contributed by atoms with Gasteiger partial charge < -0.3 is 16.5 Å². The zero-order chi connectivity index (χ0) is 20.1. The average Bonchev–Trinajstić information content (AvgIpc) is 3.06. The van der Waals surface area contributed by atoms with E-state index in [0.717, 1.165) is 17.3 Å². The number of halogens is 3. The van der Waals surface area contributed by atoms with Gasteiger partial charge in [-0.25, -0.2) is 9.97 Å². The predicted octanol–water partition coefficient (Wildman–Crippen LogP) is 4.78. The van der Waals surface area contributed by atoms with E-state index in [1.54, 1.807) is 30.3 Å². The second kappa shape index (κ2) is 6.26. The summed E-state index contributed by atoms with van der Waals surface area (Å²) in [6.45, 7) is 1.88. The summed E-state index contributed by atoms with van der Waals surface area (Å²) < 4.78 is 41.0. The molecule has 8 heteroatoms. The Morgan fingerprint density at radius 2 is 1.68 bits per heavy atom. The number of alkyl halides is 3. The molecule has 5 N–H and O–H groups in total. The molecule has 0 aliphatic rings. The Morgan fingerprint density at radius 1 is 1.00 bits per heavy atom. The van der Waals surface area contributed by atoms with Gasteiger partial charge in [-0.1, -0.05) is 24.3 Å². The molecule has 2 aromatic heterocycles. The molecule has 0 amide bonds. The number of aryl methyl sites for hydroxylation is 1. The molecule has 0 saturated carbocycles. The third-order valence-corrected chi connectivity index (χ3v) is 4.63. The van der Waals surface area contributed by atoms with Gasteiger partial charge in [0.15, 0.2) is 5.82 Å². The molecule has 4 aromatic rings. The van der Waals surface area contributed by atoms with Gasteiger partial charge in [-0.15, -0.1) is 0 Å². The first kappa shape index (κ1) is 17.8. The van der Waals surface area contributed by atoms with Gasteiger partial charge in [0, 0.05) is 40.2 Å². The SMILES string of the molecule is Cc1cccc2c(-c3nc(-c4c(N)cccc4N)ncc3C(F)(F)F)c[nH]c12. The van der Waals surface area contributed by atoms with Crippen LogP contribution < -0.4 is 11.5 Å². The van der Waals surface area contributed by atoms with Gasteiger partial charge in [-0.2, -0.15) is 13.2 Å². The highest BCUT2D eigenvalue weighted by Gasteiger charge is 2.36. The van der Waals surface area contributed by atoms with Crippen molar-refractivity contribution in [1.82, 2.24) is 15.0 Å². The Labute approximate surface area is 158 Å². The number of nitrogens with one attached hydrogen (secondary N) is 1. The van der Waals surface area contributed by atoms with E-state index in [2.05, 4.69) is 15.0 Å². The Hall–Kier alpha value is -3.55. The molecule has 0 bridgehead atoms. The Morgan fingerprint density at radius 3 is 2.36 bits per heavy atom. The van der Waals surface area contributed by atoms with Crippen molar-refractivity contribution in [2.24, 2.45) is 0 Å². The standard InChI is InChI=1S/C20H16F3N5/c1-10-4-2-5-11-12(8-26-17(10)11)18-13(20(21,22)23)9-27-19(28-18)16-14(24)6-3-7-15(16)25/h2-9,26H,24-25H2,1H3. The van der Waals surface area contributed by atoms with E-state index in [9.17, 15) is 13.2 Å². The highest BCUT2D eigenvalue weighted by molar-refractivity contribution is 5.97. The van der Waals surface area contributed by atoms with E-state index in [-0.39, 0.29) is 11.5 Å². The number of aromatic amines is 1. The molecule has 142 valence electrons. The number of nitrogen functional groups attached to an aromatic ring is 2. The summed E-state index contributed by atoms with van der Waals surface area (Å²) in [4.78, 5) is 11.2. The van der Waals surface area contributed by atoms with E-state index in [1.807, 2.05) is 13.0 Å². The maximum absolute atomic E-state index is 13.7. The molecule has 2 aromatic carbocycles. The minimum atomic E-state index is -4.62. The molecule has 4 rings (SSSR count). The number of anilines is 2. The number of nitrogens with zero attached hydrogens (tertiary/aromatic N) is 2. The van der Waals surface area contributed by atoms with Crippen LogP contribution in [0.4, 0.5) is 24.5 Å². The van der Waals surface area contributed by atoms with E-state index in [1.165, 1.54) is 6.20 Å². The first-order valence-electron chi connectivity index (χ1n) is 8.43. The molecule has 0 fully saturated rings. The monoisotopic (exact) mass is 383 g/mol. The summed E-state index contributed by atoms with van der Waals surface area (Å²) >= 11 is 0. The Bertz CT molecular complexity index is 1170. The van der Waals surface area contributed by atoms with Crippen LogP contribution in [-0.2, 0) is 6.18 Å². The van der Waals surface area contributed by atoms with Gasteiger partial charge in [-0.05, 0) is 24.6 Å². The lowest BCUT2D eigenvalue weighted by Gasteiger charge is -2.14. The van der Waals surface area contributed by atoms with Gasteiger partial charge in [0.2, 0.25) is 0 Å². The first-order valence-corrected chi connectivity index (χ1v) is 8.43. The highest BCUT2D eigenvalue weighted by Crippen LogP contribution is 2.40. The van der Waals surface area contributed by atoms with Crippen LogP contribution in [0, 0.1) is 6.92 Å². The van der Waals surface area contributed by atoms with E-state index >= 15 is 0 Å². The number of hydrogen-bond acceptors (Lipinski definition) is 4. The zero-order valence-electron chi connectivity index (χ0n) is 14.8. The maximum Gasteiger partial charge on any atom is 0.419 e. The van der Waals surface area contributed by atoms with Crippen LogP contribution >= 0.6 is 0 Å². The van der Waals surface area contributed by atoms with Crippen LogP contribution in [0.25, 0.3) is 33.5 Å². The lowest BCUT2D eigenvalue weighted by atomic mass is 10.0. The van der Waals surface area contributed by atoms with Crippen molar-refractivity contribution in [2.75, 3.05) is 11.5 Å². The number of fused-ring (bicyclic) bond motifs is 1. The number of hydrogen-bond donors (Lipinski definition) is 3. The smallest absolute Gasteiger partial charge is 0.398 e. The van der Waals surface area contributed by atoms with Crippen molar-refractivity contribution in [1.29, 1.82) is 0 Å². The van der Waals surface area contributed by atoms with Crippen LogP contribution in [0.5, 0.6) is 0 Å². The van der Waals surface area contributed by atoms with Crippen LogP contribution in [0.2, 0.25) is 0 Å². The second-order valence-corrected chi connectivity index (χ2v) is 6.46. The van der Waals surface area contributed by atoms with Crippen molar-refractivity contribution in [2.45, 2.75) is 13.1 Å². The molecule has 28 heavy (non-hydrogen) atoms. The first-order chi connectivity index (χ1) is 13.3. The van der Waals surface area contributed by atoms with Gasteiger partial charge in [0.05, 0.1) is 11.3 Å². The van der Waals surface area contributed by atoms with Gasteiger partial charge in [0.1, 0.15) is 5.56 Å². The molecule has 0 aliphatic carbocycles. The second-order valence-electron chi connectivity index (χ2n) is 6.46. The van der Waals surface area contributed by atoms with Gasteiger partial charge >= 0.3 is 6.18 Å². The molecule has 0 radical (unpaired) electrons. The normalized spacial score (nSPS) is 11.9. The number of nitrogens with two attached hydrogens (primary N) is 2. The van der Waals surface area contributed by atoms with Crippen LogP contribution in [0.3, 0.4) is 0 Å². The Kier molecular flexibility index (Phi) is 3.99. The molecule has 2 heterocycles. The molecule has 5 nitrogen and oxygen atoms in total. The lowest BCUT2D eigenvalue weighted by Crippen LogP contribution is -2.11. The summed E-state index contributed by atoms with van der Waals surface area (Å²) in [5, 5.41) is 0.643. The number of H-pyrrole nitrogens is 1. The zero-order valence-corrected chi connectivity index (χ0v) is 14.8. The Balaban J connectivity index is 2.03. The molecule has 0 unspecified atom stereocenters. The number of benzene rings is 2. The number of para-hydroxylation sites is 1. The molecule has 0 spiro atoms. The lowest BCUT2D eigenvalue weighted by molar-refractivity contribution is -0.137. The van der Waals surface area contributed by atoms with E-state index < -0.39 is 11.7 Å². The third kappa shape index (κ3) is 2.83. The molecular formula is C20H16F3N5. The number of rotatable bonds is 2. The minimum Gasteiger partial charge on any atom is -0.398 e. The molecule has 0 atom stereocenters. The van der Waals surface area contributed by atoms with Gasteiger partial charge in [0.25, 0.3) is 0 Å². The average molecular weight is 383 g/mol. The largest absolute Gasteiger partial charge is 0.419 e. The van der Waals surface area contributed by atoms with E-state index in [0.29, 0.717) is 27.9 Å². The fourth-order valence-corrected chi connectivity index (χ4v) is 3.26. The molecule has 0 saturated heterocycles. The van der Waals surface area contributed by atoms with Crippen LogP contribution in [0.15, 0.2) is 48.8 Å². The van der Waals surface area contributed by atoms with Crippen molar-refractivity contribution in [3.63, 3.8) is 0 Å². The van der Waals surface area contributed by atoms with Crippen molar-refractivity contribution in [3.8, 4) is 22.6 Å². The fraction of sp³-hybridized carbons (Fsp3) is 0.100. The van der Waals surface area contributed by atoms with Crippen LogP contribution in [-0.4, -0.2) is 15.0 Å². The summed E-state index contributed by atoms with van der Waals surface area (Å²) in [7, 11) is 0. The topological polar surface area (TPSA) is 93.6 Å². The van der Waals surface area contributed by atoms with E-state index in [4.69, 9.17) is 11.5 Å². The predicted molar refractivity (Wildman–Crippen MR) is 103 cm³/mol. The van der Waals surface area contributed by atoms with Gasteiger partial charge in [-0.3, -0.25) is 0 Å². The van der Waals surface area contributed by atoms with Crippen molar-refractivity contribution >= 4 is 22.3 Å². The fourth-order valence-electron chi connectivity index (χ4n) is 3.26. The van der Waals surface area contributed by atoms with Crippen LogP contribution in [0.1, 0.15) is 11.1 Å². The van der Waals surface area contributed by atoms with Crippen molar-refractivity contribution in [3.05, 3.63) is 59.9 Å².